The summed E-state index contributed by atoms with van der Waals surface area (Å²) >= 11 is 0. The van der Waals surface area contributed by atoms with Crippen LogP contribution in [0.3, 0.4) is 0 Å². The van der Waals surface area contributed by atoms with Gasteiger partial charge in [-0.1, -0.05) is 0 Å². The summed E-state index contributed by atoms with van der Waals surface area (Å²) in [7, 11) is 1.97. The molecule has 0 spiro atoms. The zero-order valence-electron chi connectivity index (χ0n) is 21.5. The number of halogens is 6. The highest BCUT2D eigenvalue weighted by Crippen LogP contribution is 2.35. The number of nitrogens with one attached hydrogen (secondary N) is 2. The van der Waals surface area contributed by atoms with E-state index < -0.39 is 18.1 Å². The third kappa shape index (κ3) is 7.16. The fourth-order valence-electron chi connectivity index (χ4n) is 4.25. The van der Waals surface area contributed by atoms with Crippen LogP contribution in [0.15, 0.2) is 67.3 Å². The lowest BCUT2D eigenvalue weighted by atomic mass is 10.1. The van der Waals surface area contributed by atoms with Gasteiger partial charge in [0.15, 0.2) is 0 Å². The second-order valence-corrected chi connectivity index (χ2v) is 9.26. The number of aromatic nitrogens is 4. The molecule has 0 radical (unpaired) electrons. The second kappa shape index (κ2) is 11.2. The molecule has 15 heteroatoms. The van der Waals surface area contributed by atoms with Crippen LogP contribution in [-0.2, 0) is 6.18 Å². The highest BCUT2D eigenvalue weighted by molar-refractivity contribution is 5.63. The maximum atomic E-state index is 13.8. The fraction of sp³-hybridized carbons (Fsp3) is 0.269. The molecule has 0 bridgehead atoms. The average molecular weight is 579 g/mol. The lowest BCUT2D eigenvalue weighted by Gasteiger charge is -2.34. The summed E-state index contributed by atoms with van der Waals surface area (Å²) in [6, 6.07) is 10.5. The number of ether oxygens (including phenoxy) is 1. The van der Waals surface area contributed by atoms with E-state index in [0.717, 1.165) is 37.4 Å². The van der Waals surface area contributed by atoms with Crippen LogP contribution >= 0.6 is 0 Å². The minimum atomic E-state index is -4.80. The second-order valence-electron chi connectivity index (χ2n) is 9.26. The molecule has 0 unspecified atom stereocenters. The lowest BCUT2D eigenvalue weighted by Crippen LogP contribution is -2.44. The number of rotatable bonds is 7. The van der Waals surface area contributed by atoms with Gasteiger partial charge in [-0.15, -0.1) is 13.2 Å². The van der Waals surface area contributed by atoms with E-state index in [4.69, 9.17) is 0 Å². The number of piperazine rings is 1. The van der Waals surface area contributed by atoms with Crippen molar-refractivity contribution in [1.82, 2.24) is 24.4 Å². The SMILES string of the molecule is CN1CCN(c2cc(-n3ccnc3Nc3cc(Nc4ccc(OC(F)(F)F)cc4)ncn3)cc(C(F)(F)F)c2)CC1. The molecule has 5 rings (SSSR count). The summed E-state index contributed by atoms with van der Waals surface area (Å²) in [6.45, 7) is 2.67. The number of imidazole rings is 1. The number of hydrogen-bond donors (Lipinski definition) is 2. The molecule has 2 aromatic heterocycles. The van der Waals surface area contributed by atoms with E-state index in [0.29, 0.717) is 30.3 Å². The van der Waals surface area contributed by atoms with Crippen molar-refractivity contribution in [3.05, 3.63) is 72.8 Å². The lowest BCUT2D eigenvalue weighted by molar-refractivity contribution is -0.274. The molecule has 4 aromatic rings. The zero-order chi connectivity index (χ0) is 29.2. The molecular weight excluding hydrogens is 554 g/mol. The van der Waals surface area contributed by atoms with Gasteiger partial charge in [-0.25, -0.2) is 15.0 Å². The Morgan fingerprint density at radius 3 is 2.10 bits per heavy atom. The number of hydrogen-bond acceptors (Lipinski definition) is 8. The van der Waals surface area contributed by atoms with Gasteiger partial charge in [0.1, 0.15) is 23.7 Å². The Morgan fingerprint density at radius 1 is 0.780 bits per heavy atom. The maximum absolute atomic E-state index is 13.8. The molecule has 2 N–H and O–H groups in total. The standard InChI is InChI=1S/C26H24F6N8O/c1-38-8-10-39(11-9-38)19-12-17(25(27,28)29)13-20(14-19)40-7-6-33-24(40)37-23-15-22(34-16-35-23)36-18-2-4-21(5-3-18)41-26(30,31)32/h2-7,12-16H,8-11H2,1H3,(H2,33,34,35,36,37). The summed E-state index contributed by atoms with van der Waals surface area (Å²) in [6.07, 6.45) is -5.11. The van der Waals surface area contributed by atoms with Crippen LogP contribution in [0, 0.1) is 0 Å². The molecule has 0 amide bonds. The molecule has 0 saturated carbocycles. The summed E-state index contributed by atoms with van der Waals surface area (Å²) in [5.74, 6) is 0.428. The Balaban J connectivity index is 1.36. The monoisotopic (exact) mass is 578 g/mol. The minimum absolute atomic E-state index is 0.215. The van der Waals surface area contributed by atoms with Gasteiger partial charge in [0.25, 0.3) is 0 Å². The van der Waals surface area contributed by atoms with Crippen LogP contribution in [0.4, 0.5) is 55.3 Å². The van der Waals surface area contributed by atoms with E-state index in [9.17, 15) is 26.3 Å². The highest BCUT2D eigenvalue weighted by atomic mass is 19.4. The van der Waals surface area contributed by atoms with Crippen LogP contribution in [0.25, 0.3) is 5.69 Å². The van der Waals surface area contributed by atoms with Crippen molar-refractivity contribution in [2.24, 2.45) is 0 Å². The number of anilines is 5. The van der Waals surface area contributed by atoms with Gasteiger partial charge in [0, 0.05) is 56.0 Å². The molecule has 0 atom stereocenters. The predicted octanol–water partition coefficient (Wildman–Crippen LogP) is 5.82. The van der Waals surface area contributed by atoms with E-state index in [1.807, 2.05) is 11.9 Å². The average Bonchev–Trinajstić information content (AvgIpc) is 3.37. The first-order chi connectivity index (χ1) is 19.4. The van der Waals surface area contributed by atoms with Crippen molar-refractivity contribution >= 4 is 29.0 Å². The topological polar surface area (TPSA) is 83.4 Å². The molecule has 0 aliphatic carbocycles. The van der Waals surface area contributed by atoms with Gasteiger partial charge in [-0.2, -0.15) is 13.2 Å². The number of benzene rings is 2. The molecule has 1 aliphatic heterocycles. The number of likely N-dealkylation sites (N-methyl/N-ethyl adjacent to an activating group) is 1. The first kappa shape index (κ1) is 28.0. The predicted molar refractivity (Wildman–Crippen MR) is 140 cm³/mol. The quantitative estimate of drug-likeness (QED) is 0.266. The maximum Gasteiger partial charge on any atom is 0.573 e. The molecular formula is C26H24F6N8O. The van der Waals surface area contributed by atoms with E-state index in [1.54, 1.807) is 6.07 Å². The molecule has 41 heavy (non-hydrogen) atoms. The van der Waals surface area contributed by atoms with Gasteiger partial charge < -0.3 is 25.2 Å². The van der Waals surface area contributed by atoms with E-state index >= 15 is 0 Å². The normalized spacial score (nSPS) is 14.7. The Labute approximate surface area is 230 Å². The molecule has 9 nitrogen and oxygen atoms in total. The van der Waals surface area contributed by atoms with Gasteiger partial charge in [0.2, 0.25) is 5.95 Å². The smallest absolute Gasteiger partial charge is 0.406 e. The molecule has 1 fully saturated rings. The molecule has 3 heterocycles. The van der Waals surface area contributed by atoms with Crippen LogP contribution < -0.4 is 20.3 Å². The number of nitrogens with zero attached hydrogens (tertiary/aromatic N) is 6. The van der Waals surface area contributed by atoms with Crippen molar-refractivity contribution < 1.29 is 31.1 Å². The van der Waals surface area contributed by atoms with E-state index in [1.165, 1.54) is 41.5 Å². The third-order valence-electron chi connectivity index (χ3n) is 6.28. The van der Waals surface area contributed by atoms with Crippen LogP contribution in [0.1, 0.15) is 5.56 Å². The third-order valence-corrected chi connectivity index (χ3v) is 6.28. The Bertz CT molecular complexity index is 1480. The fourth-order valence-corrected chi connectivity index (χ4v) is 4.25. The van der Waals surface area contributed by atoms with Crippen LogP contribution in [0.5, 0.6) is 5.75 Å². The van der Waals surface area contributed by atoms with Crippen molar-refractivity contribution in [2.45, 2.75) is 12.5 Å². The summed E-state index contributed by atoms with van der Waals surface area (Å²) in [5.41, 5.74) is 0.389. The Hall–Kier alpha value is -4.53. The van der Waals surface area contributed by atoms with Crippen molar-refractivity contribution in [3.8, 4) is 11.4 Å². The van der Waals surface area contributed by atoms with Crippen molar-refractivity contribution in [1.29, 1.82) is 0 Å². The van der Waals surface area contributed by atoms with Crippen LogP contribution in [0.2, 0.25) is 0 Å². The van der Waals surface area contributed by atoms with Crippen molar-refractivity contribution in [3.63, 3.8) is 0 Å². The summed E-state index contributed by atoms with van der Waals surface area (Å²) < 4.78 is 84.0. The first-order valence-electron chi connectivity index (χ1n) is 12.3. The van der Waals surface area contributed by atoms with Gasteiger partial charge >= 0.3 is 12.5 Å². The minimum Gasteiger partial charge on any atom is -0.406 e. The first-order valence-corrected chi connectivity index (χ1v) is 12.3. The van der Waals surface area contributed by atoms with E-state index in [-0.39, 0.29) is 23.2 Å². The zero-order valence-corrected chi connectivity index (χ0v) is 21.5. The number of alkyl halides is 6. The summed E-state index contributed by atoms with van der Waals surface area (Å²) in [4.78, 5) is 16.5. The molecule has 1 saturated heterocycles. The Morgan fingerprint density at radius 2 is 1.44 bits per heavy atom. The van der Waals surface area contributed by atoms with E-state index in [2.05, 4.69) is 35.2 Å². The van der Waals surface area contributed by atoms with Gasteiger partial charge in [0.05, 0.1) is 11.3 Å². The van der Waals surface area contributed by atoms with Gasteiger partial charge in [-0.05, 0) is 49.5 Å². The van der Waals surface area contributed by atoms with Crippen LogP contribution in [-0.4, -0.2) is 64.0 Å². The molecule has 1 aliphatic rings. The summed E-state index contributed by atoms with van der Waals surface area (Å²) in [5, 5.41) is 5.93. The largest absolute Gasteiger partial charge is 0.573 e. The molecule has 216 valence electrons. The molecule has 2 aromatic carbocycles. The van der Waals surface area contributed by atoms with Crippen molar-refractivity contribution in [2.75, 3.05) is 48.8 Å². The van der Waals surface area contributed by atoms with Gasteiger partial charge in [-0.3, -0.25) is 4.57 Å². The Kier molecular flexibility index (Phi) is 7.62. The highest BCUT2D eigenvalue weighted by Gasteiger charge is 2.33.